The topological polar surface area (TPSA) is 3.24 Å². The second-order valence-corrected chi connectivity index (χ2v) is 5.01. The Kier molecular flexibility index (Phi) is 5.70. The fourth-order valence-electron chi connectivity index (χ4n) is 2.05. The molecule has 87 valence electrons. The predicted molar refractivity (Wildman–Crippen MR) is 72.2 cm³/mol. The summed E-state index contributed by atoms with van der Waals surface area (Å²) in [4.78, 5) is 2.30. The Morgan fingerprint density at radius 1 is 1.19 bits per heavy atom. The molecule has 0 heterocycles. The van der Waals surface area contributed by atoms with Gasteiger partial charge < -0.3 is 4.81 Å². The predicted octanol–water partition coefficient (Wildman–Crippen LogP) is 3.19. The Balaban J connectivity index is 2.48. The maximum atomic E-state index is 3.28. The Hall–Kier alpha value is -0.675. The minimum Gasteiger partial charge on any atom is -0.330 e. The van der Waals surface area contributed by atoms with E-state index in [0.717, 1.165) is 0 Å². The van der Waals surface area contributed by atoms with Gasteiger partial charge in [-0.1, -0.05) is 39.7 Å². The summed E-state index contributed by atoms with van der Waals surface area (Å²) >= 11 is 0. The van der Waals surface area contributed by atoms with Crippen molar-refractivity contribution in [2.45, 2.75) is 65.5 Å². The minimum absolute atomic E-state index is 0.523. The highest BCUT2D eigenvalue weighted by Crippen LogP contribution is 2.16. The smallest absolute Gasteiger partial charge is 0.313 e. The van der Waals surface area contributed by atoms with Gasteiger partial charge in [0, 0.05) is 0 Å². The Morgan fingerprint density at radius 2 is 1.88 bits per heavy atom. The molecule has 1 nitrogen and oxygen atoms in total. The van der Waals surface area contributed by atoms with E-state index < -0.39 is 0 Å². The van der Waals surface area contributed by atoms with Gasteiger partial charge in [0.2, 0.25) is 0 Å². The molecule has 0 aromatic carbocycles. The summed E-state index contributed by atoms with van der Waals surface area (Å²) in [6.07, 6.45) is 7.31. The van der Waals surface area contributed by atoms with Crippen molar-refractivity contribution >= 4 is 7.41 Å². The Morgan fingerprint density at radius 3 is 2.38 bits per heavy atom. The zero-order valence-corrected chi connectivity index (χ0v) is 11.1. The van der Waals surface area contributed by atoms with Gasteiger partial charge in [-0.05, 0) is 43.3 Å². The average Bonchev–Trinajstić information content (AvgIpc) is 2.24. The van der Waals surface area contributed by atoms with Gasteiger partial charge in [-0.3, -0.25) is 0 Å². The lowest BCUT2D eigenvalue weighted by Crippen LogP contribution is -2.39. The van der Waals surface area contributed by atoms with Crippen molar-refractivity contribution in [1.29, 1.82) is 0 Å². The molecule has 0 amide bonds. The van der Waals surface area contributed by atoms with Crippen molar-refractivity contribution in [2.24, 2.45) is 0 Å². The quantitative estimate of drug-likeness (QED) is 0.517. The van der Waals surface area contributed by atoms with Crippen LogP contribution >= 0.6 is 0 Å². The molecule has 16 heavy (non-hydrogen) atoms. The van der Waals surface area contributed by atoms with Crippen molar-refractivity contribution in [1.82, 2.24) is 4.81 Å². The van der Waals surface area contributed by atoms with E-state index in [1.54, 1.807) is 0 Å². The van der Waals surface area contributed by atoms with Crippen molar-refractivity contribution in [3.05, 3.63) is 11.6 Å². The van der Waals surface area contributed by atoms with Gasteiger partial charge in [-0.25, -0.2) is 0 Å². The van der Waals surface area contributed by atoms with Crippen molar-refractivity contribution in [3.8, 4) is 11.7 Å². The van der Waals surface area contributed by atoms with Crippen LogP contribution in [-0.2, 0) is 0 Å². The molecule has 0 N–H and O–H groups in total. The molecule has 0 saturated carbocycles. The lowest BCUT2D eigenvalue weighted by molar-refractivity contribution is 0.316. The molecule has 0 atom stereocenters. The third kappa shape index (κ3) is 4.45. The molecule has 1 aliphatic rings. The maximum Gasteiger partial charge on any atom is 0.313 e. The first kappa shape index (κ1) is 13.4. The van der Waals surface area contributed by atoms with Gasteiger partial charge in [-0.2, -0.15) is 0 Å². The van der Waals surface area contributed by atoms with Crippen LogP contribution in [0.2, 0.25) is 0 Å². The molecule has 2 heteroatoms. The highest BCUT2D eigenvalue weighted by molar-refractivity contribution is 6.43. The van der Waals surface area contributed by atoms with E-state index in [4.69, 9.17) is 0 Å². The monoisotopic (exact) mass is 216 g/mol. The third-order valence-electron chi connectivity index (χ3n) is 2.93. The van der Waals surface area contributed by atoms with Crippen LogP contribution < -0.4 is 0 Å². The summed E-state index contributed by atoms with van der Waals surface area (Å²) in [6, 6.07) is 1.05. The summed E-state index contributed by atoms with van der Waals surface area (Å²) in [5.74, 6) is 6.48. The lowest BCUT2D eigenvalue weighted by atomic mass is 9.87. The first-order valence-corrected chi connectivity index (χ1v) is 6.42. The third-order valence-corrected chi connectivity index (χ3v) is 2.93. The fraction of sp³-hybridized carbons (Fsp3) is 0.714. The summed E-state index contributed by atoms with van der Waals surface area (Å²) in [5.41, 5.74) is 1.33. The van der Waals surface area contributed by atoms with Crippen LogP contribution in [0.15, 0.2) is 11.6 Å². The summed E-state index contributed by atoms with van der Waals surface area (Å²) in [7, 11) is 2.05. The number of nitrogens with zero attached hydrogens (tertiary/aromatic N) is 1. The van der Waals surface area contributed by atoms with Crippen LogP contribution in [0.1, 0.15) is 53.4 Å². The summed E-state index contributed by atoms with van der Waals surface area (Å²) in [5, 5.41) is 0. The van der Waals surface area contributed by atoms with E-state index in [-0.39, 0.29) is 0 Å². The Bertz CT molecular complexity index is 286. The average molecular weight is 216 g/mol. The van der Waals surface area contributed by atoms with Gasteiger partial charge >= 0.3 is 7.41 Å². The van der Waals surface area contributed by atoms with Gasteiger partial charge in [0.05, 0.1) is 0 Å². The van der Waals surface area contributed by atoms with Crippen molar-refractivity contribution in [3.63, 3.8) is 0 Å². The number of hydrogen-bond acceptors (Lipinski definition) is 1. The van der Waals surface area contributed by atoms with E-state index >= 15 is 0 Å². The largest absolute Gasteiger partial charge is 0.330 e. The molecule has 0 unspecified atom stereocenters. The molecule has 0 aromatic heterocycles. The molecule has 0 saturated heterocycles. The van der Waals surface area contributed by atoms with Crippen molar-refractivity contribution in [2.75, 3.05) is 0 Å². The normalized spacial score (nSPS) is 16.1. The SMILES string of the molecule is CC(C)N([B]C#CC1=CCCCC1)C(C)C. The van der Waals surface area contributed by atoms with Gasteiger partial charge in [0.15, 0.2) is 0 Å². The van der Waals surface area contributed by atoms with E-state index in [9.17, 15) is 0 Å². The molecule has 1 rings (SSSR count). The first-order valence-electron chi connectivity index (χ1n) is 6.42. The van der Waals surface area contributed by atoms with Crippen molar-refractivity contribution < 1.29 is 0 Å². The van der Waals surface area contributed by atoms with Crippen LogP contribution in [0.4, 0.5) is 0 Å². The molecule has 0 aliphatic heterocycles. The second kappa shape index (κ2) is 6.81. The van der Waals surface area contributed by atoms with Crippen LogP contribution in [-0.4, -0.2) is 24.3 Å². The molecule has 1 radical (unpaired) electrons. The molecule has 0 spiro atoms. The highest BCUT2D eigenvalue weighted by Gasteiger charge is 2.12. The molecule has 0 aromatic rings. The van der Waals surface area contributed by atoms with E-state index in [0.29, 0.717) is 12.1 Å². The van der Waals surface area contributed by atoms with E-state index in [2.05, 4.69) is 50.3 Å². The molecule has 0 fully saturated rings. The number of rotatable bonds is 3. The Labute approximate surface area is 102 Å². The molecule has 0 bridgehead atoms. The second-order valence-electron chi connectivity index (χ2n) is 5.01. The molecular formula is C14H23BN. The van der Waals surface area contributed by atoms with Crippen LogP contribution in [0.5, 0.6) is 0 Å². The van der Waals surface area contributed by atoms with E-state index in [1.807, 2.05) is 7.41 Å². The van der Waals surface area contributed by atoms with Crippen LogP contribution in [0, 0.1) is 11.7 Å². The summed E-state index contributed by atoms with van der Waals surface area (Å²) in [6.45, 7) is 8.83. The standard InChI is InChI=1S/C14H23BN/c1-12(2)16(13(3)4)15-11-10-14-8-6-5-7-9-14/h8,12-13H,5-7,9H2,1-4H3. The zero-order chi connectivity index (χ0) is 12.0. The van der Waals surface area contributed by atoms with Gasteiger partial charge in [0.25, 0.3) is 0 Å². The maximum absolute atomic E-state index is 3.28. The fourth-order valence-corrected chi connectivity index (χ4v) is 2.05. The lowest BCUT2D eigenvalue weighted by Gasteiger charge is -2.27. The van der Waals surface area contributed by atoms with Gasteiger partial charge in [-0.15, -0.1) is 5.82 Å². The summed E-state index contributed by atoms with van der Waals surface area (Å²) < 4.78 is 0. The van der Waals surface area contributed by atoms with Gasteiger partial charge in [0.1, 0.15) is 0 Å². The van der Waals surface area contributed by atoms with E-state index in [1.165, 1.54) is 31.3 Å². The molecular weight excluding hydrogens is 193 g/mol. The molecule has 1 aliphatic carbocycles. The zero-order valence-electron chi connectivity index (χ0n) is 11.1. The number of hydrogen-bond donors (Lipinski definition) is 0. The van der Waals surface area contributed by atoms with Crippen LogP contribution in [0.3, 0.4) is 0 Å². The minimum atomic E-state index is 0.523. The highest BCUT2D eigenvalue weighted by atomic mass is 15.1. The first-order chi connectivity index (χ1) is 7.61. The number of allylic oxidation sites excluding steroid dienone is 2. The van der Waals surface area contributed by atoms with Crippen LogP contribution in [0.25, 0.3) is 0 Å².